The lowest BCUT2D eigenvalue weighted by Crippen LogP contribution is -2.37. The zero-order valence-electron chi connectivity index (χ0n) is 11.9. The van der Waals surface area contributed by atoms with E-state index >= 15 is 0 Å². The Morgan fingerprint density at radius 1 is 1.32 bits per heavy atom. The average Bonchev–Trinajstić information content (AvgIpc) is 3.20. The second-order valence-corrected chi connectivity index (χ2v) is 6.73. The van der Waals surface area contributed by atoms with Crippen LogP contribution in [0.1, 0.15) is 32.3 Å². The molecule has 1 aliphatic rings. The third-order valence-corrected chi connectivity index (χ3v) is 5.48. The molecular formula is C17H23NS. The first-order valence-electron chi connectivity index (χ1n) is 7.48. The van der Waals surface area contributed by atoms with Gasteiger partial charge in [0, 0.05) is 10.7 Å². The molecule has 2 heteroatoms. The SMILES string of the molecule is CCNC(Cc1csc2ccccc12)C(C)C1CC1. The molecule has 0 bridgehead atoms. The van der Waals surface area contributed by atoms with Crippen molar-refractivity contribution in [1.29, 1.82) is 0 Å². The van der Waals surface area contributed by atoms with Gasteiger partial charge in [-0.05, 0) is 60.0 Å². The van der Waals surface area contributed by atoms with E-state index in [1.807, 2.05) is 11.3 Å². The fraction of sp³-hybridized carbons (Fsp3) is 0.529. The third kappa shape index (κ3) is 2.85. The molecule has 0 amide bonds. The third-order valence-electron chi connectivity index (χ3n) is 4.47. The van der Waals surface area contributed by atoms with Crippen molar-refractivity contribution in [1.82, 2.24) is 5.32 Å². The Hall–Kier alpha value is -0.860. The van der Waals surface area contributed by atoms with Gasteiger partial charge in [-0.15, -0.1) is 11.3 Å². The maximum atomic E-state index is 3.71. The van der Waals surface area contributed by atoms with Gasteiger partial charge >= 0.3 is 0 Å². The molecule has 2 aromatic rings. The van der Waals surface area contributed by atoms with Crippen LogP contribution in [0.15, 0.2) is 29.6 Å². The number of hydrogen-bond acceptors (Lipinski definition) is 2. The van der Waals surface area contributed by atoms with Crippen LogP contribution in [0.4, 0.5) is 0 Å². The van der Waals surface area contributed by atoms with E-state index in [0.29, 0.717) is 6.04 Å². The minimum absolute atomic E-state index is 0.635. The van der Waals surface area contributed by atoms with Crippen LogP contribution in [-0.4, -0.2) is 12.6 Å². The first-order valence-corrected chi connectivity index (χ1v) is 8.36. The number of thiophene rings is 1. The van der Waals surface area contributed by atoms with Gasteiger partial charge in [0.15, 0.2) is 0 Å². The molecule has 0 aliphatic heterocycles. The summed E-state index contributed by atoms with van der Waals surface area (Å²) in [5, 5.41) is 7.52. The van der Waals surface area contributed by atoms with Crippen LogP contribution in [0.5, 0.6) is 0 Å². The summed E-state index contributed by atoms with van der Waals surface area (Å²) in [6.07, 6.45) is 4.05. The monoisotopic (exact) mass is 273 g/mol. The zero-order chi connectivity index (χ0) is 13.2. The Kier molecular flexibility index (Phi) is 3.90. The molecule has 2 unspecified atom stereocenters. The van der Waals surface area contributed by atoms with E-state index in [4.69, 9.17) is 0 Å². The first-order chi connectivity index (χ1) is 9.29. The van der Waals surface area contributed by atoms with E-state index in [-0.39, 0.29) is 0 Å². The predicted molar refractivity (Wildman–Crippen MR) is 84.9 cm³/mol. The maximum Gasteiger partial charge on any atom is 0.0345 e. The Morgan fingerprint density at radius 3 is 2.84 bits per heavy atom. The van der Waals surface area contributed by atoms with Crippen LogP contribution < -0.4 is 5.32 Å². The Labute approximate surface area is 120 Å². The van der Waals surface area contributed by atoms with Gasteiger partial charge in [0.25, 0.3) is 0 Å². The second kappa shape index (κ2) is 5.64. The molecular weight excluding hydrogens is 250 g/mol. The standard InChI is InChI=1S/C17H23NS/c1-3-18-16(12(2)13-8-9-13)10-14-11-19-17-7-5-4-6-15(14)17/h4-7,11-13,16,18H,3,8-10H2,1-2H3. The molecule has 1 saturated carbocycles. The van der Waals surface area contributed by atoms with E-state index in [0.717, 1.165) is 18.4 Å². The fourth-order valence-electron chi connectivity index (χ4n) is 3.08. The summed E-state index contributed by atoms with van der Waals surface area (Å²) in [4.78, 5) is 0. The molecule has 2 atom stereocenters. The van der Waals surface area contributed by atoms with Crippen molar-refractivity contribution in [2.45, 2.75) is 39.2 Å². The van der Waals surface area contributed by atoms with Crippen molar-refractivity contribution < 1.29 is 0 Å². The fourth-order valence-corrected chi connectivity index (χ4v) is 4.06. The van der Waals surface area contributed by atoms with Crippen molar-refractivity contribution in [2.75, 3.05) is 6.54 Å². The summed E-state index contributed by atoms with van der Waals surface area (Å²) >= 11 is 1.88. The summed E-state index contributed by atoms with van der Waals surface area (Å²) < 4.78 is 1.42. The number of benzene rings is 1. The Bertz CT molecular complexity index is 541. The molecule has 0 spiro atoms. The van der Waals surface area contributed by atoms with Gasteiger partial charge in [-0.1, -0.05) is 32.0 Å². The maximum absolute atomic E-state index is 3.71. The van der Waals surface area contributed by atoms with Crippen molar-refractivity contribution in [3.8, 4) is 0 Å². The largest absolute Gasteiger partial charge is 0.314 e. The predicted octanol–water partition coefficient (Wildman–Crippen LogP) is 4.47. The number of rotatable bonds is 6. The lowest BCUT2D eigenvalue weighted by atomic mass is 9.91. The molecule has 1 nitrogen and oxygen atoms in total. The molecule has 3 rings (SSSR count). The summed E-state index contributed by atoms with van der Waals surface area (Å²) in [5.74, 6) is 1.77. The molecule has 0 radical (unpaired) electrons. The summed E-state index contributed by atoms with van der Waals surface area (Å²) in [6.45, 7) is 5.72. The molecule has 1 aromatic heterocycles. The molecule has 1 aliphatic carbocycles. The van der Waals surface area contributed by atoms with Crippen molar-refractivity contribution in [3.05, 3.63) is 35.2 Å². The highest BCUT2D eigenvalue weighted by atomic mass is 32.1. The number of nitrogens with one attached hydrogen (secondary N) is 1. The lowest BCUT2D eigenvalue weighted by Gasteiger charge is -2.24. The normalized spacial score (nSPS) is 18.6. The average molecular weight is 273 g/mol. The van der Waals surface area contributed by atoms with Crippen LogP contribution in [0.25, 0.3) is 10.1 Å². The first kappa shape index (κ1) is 13.1. The van der Waals surface area contributed by atoms with Gasteiger partial charge in [-0.3, -0.25) is 0 Å². The molecule has 1 N–H and O–H groups in total. The highest BCUT2D eigenvalue weighted by Gasteiger charge is 2.33. The van der Waals surface area contributed by atoms with Gasteiger partial charge in [0.2, 0.25) is 0 Å². The minimum atomic E-state index is 0.635. The van der Waals surface area contributed by atoms with Crippen LogP contribution in [0.3, 0.4) is 0 Å². The molecule has 19 heavy (non-hydrogen) atoms. The summed E-state index contributed by atoms with van der Waals surface area (Å²) in [6, 6.07) is 9.43. The summed E-state index contributed by atoms with van der Waals surface area (Å²) in [5.41, 5.74) is 1.53. The van der Waals surface area contributed by atoms with Gasteiger partial charge in [0.05, 0.1) is 0 Å². The van der Waals surface area contributed by atoms with Crippen LogP contribution >= 0.6 is 11.3 Å². The van der Waals surface area contributed by atoms with Crippen molar-refractivity contribution >= 4 is 21.4 Å². The minimum Gasteiger partial charge on any atom is -0.314 e. The van der Waals surface area contributed by atoms with Crippen molar-refractivity contribution in [2.24, 2.45) is 11.8 Å². The van der Waals surface area contributed by atoms with Gasteiger partial charge in [-0.2, -0.15) is 0 Å². The van der Waals surface area contributed by atoms with Gasteiger partial charge in [-0.25, -0.2) is 0 Å². The van der Waals surface area contributed by atoms with Crippen molar-refractivity contribution in [3.63, 3.8) is 0 Å². The van der Waals surface area contributed by atoms with Gasteiger partial charge in [0.1, 0.15) is 0 Å². The quantitative estimate of drug-likeness (QED) is 0.819. The van der Waals surface area contributed by atoms with Gasteiger partial charge < -0.3 is 5.32 Å². The lowest BCUT2D eigenvalue weighted by molar-refractivity contribution is 0.345. The molecule has 102 valence electrons. The van der Waals surface area contributed by atoms with E-state index in [9.17, 15) is 0 Å². The topological polar surface area (TPSA) is 12.0 Å². The molecule has 0 saturated heterocycles. The molecule has 1 aromatic carbocycles. The highest BCUT2D eigenvalue weighted by Crippen LogP contribution is 2.39. The van der Waals surface area contributed by atoms with Crippen LogP contribution in [0.2, 0.25) is 0 Å². The van der Waals surface area contributed by atoms with E-state index in [2.05, 4.69) is 48.8 Å². The second-order valence-electron chi connectivity index (χ2n) is 5.82. The van der Waals surface area contributed by atoms with E-state index in [1.165, 1.54) is 34.9 Å². The van der Waals surface area contributed by atoms with E-state index in [1.54, 1.807) is 0 Å². The Morgan fingerprint density at radius 2 is 2.11 bits per heavy atom. The smallest absolute Gasteiger partial charge is 0.0345 e. The Balaban J connectivity index is 1.80. The highest BCUT2D eigenvalue weighted by molar-refractivity contribution is 7.17. The number of hydrogen-bond donors (Lipinski definition) is 1. The zero-order valence-corrected chi connectivity index (χ0v) is 12.7. The molecule has 1 fully saturated rings. The van der Waals surface area contributed by atoms with Crippen LogP contribution in [0, 0.1) is 11.8 Å². The van der Waals surface area contributed by atoms with Crippen LogP contribution in [-0.2, 0) is 6.42 Å². The number of fused-ring (bicyclic) bond motifs is 1. The number of likely N-dealkylation sites (N-methyl/N-ethyl adjacent to an activating group) is 1. The summed E-state index contributed by atoms with van der Waals surface area (Å²) in [7, 11) is 0. The van der Waals surface area contributed by atoms with E-state index < -0.39 is 0 Å². The molecule has 1 heterocycles.